The zero-order valence-corrected chi connectivity index (χ0v) is 20.7. The fourth-order valence-corrected chi connectivity index (χ4v) is 4.25. The number of carbonyl (C=O) groups is 1. The van der Waals surface area contributed by atoms with Gasteiger partial charge in [0, 0.05) is 29.9 Å². The second kappa shape index (κ2) is 9.73. The van der Waals surface area contributed by atoms with Crippen LogP contribution in [-0.4, -0.2) is 68.3 Å². The van der Waals surface area contributed by atoms with Crippen molar-refractivity contribution in [2.75, 3.05) is 27.2 Å². The lowest BCUT2D eigenvalue weighted by Gasteiger charge is -2.16. The monoisotopic (exact) mass is 515 g/mol. The van der Waals surface area contributed by atoms with Crippen molar-refractivity contribution in [3.8, 4) is 17.3 Å². The van der Waals surface area contributed by atoms with E-state index in [4.69, 9.17) is 37.7 Å². The molecule has 0 fully saturated rings. The lowest BCUT2D eigenvalue weighted by molar-refractivity contribution is 0.0948. The van der Waals surface area contributed by atoms with E-state index in [-0.39, 0.29) is 12.7 Å². The molecular formula is C23H23Cl2N7O3. The first-order valence-electron chi connectivity index (χ1n) is 10.9. The molecule has 0 unspecified atom stereocenters. The zero-order valence-electron chi connectivity index (χ0n) is 19.1. The quantitative estimate of drug-likeness (QED) is 0.378. The summed E-state index contributed by atoms with van der Waals surface area (Å²) in [5.41, 5.74) is 3.85. The third-order valence-electron chi connectivity index (χ3n) is 5.67. The standard InChI is InChI=1S/C23H23Cl2N7O3/c1-31(2)5-6-34-23(33)32-10-19-20(11-32)28-22(27-19)21-14-7-13(3-4-18(14)29-30-21)35-12-15-16(24)8-26-9-17(15)25/h3-4,7-9H,5-6,10-12H2,1-2H3,(H,27,28)(H,29,30). The van der Waals surface area contributed by atoms with Crippen LogP contribution in [0.2, 0.25) is 10.0 Å². The minimum atomic E-state index is -0.346. The van der Waals surface area contributed by atoms with Crippen LogP contribution in [0.25, 0.3) is 22.4 Å². The molecule has 12 heteroatoms. The summed E-state index contributed by atoms with van der Waals surface area (Å²) in [6.07, 6.45) is 2.72. The molecule has 5 rings (SSSR count). The molecular weight excluding hydrogens is 493 g/mol. The molecule has 0 spiro atoms. The molecule has 3 aromatic heterocycles. The molecule has 0 saturated carbocycles. The van der Waals surface area contributed by atoms with E-state index in [2.05, 4.69) is 20.2 Å². The summed E-state index contributed by atoms with van der Waals surface area (Å²) in [7, 11) is 3.86. The molecule has 1 aromatic carbocycles. The number of nitrogens with zero attached hydrogens (tertiary/aromatic N) is 5. The summed E-state index contributed by atoms with van der Waals surface area (Å²) in [6, 6.07) is 5.62. The number of aromatic amines is 2. The Balaban J connectivity index is 1.30. The van der Waals surface area contributed by atoms with E-state index in [0.717, 1.165) is 22.3 Å². The highest BCUT2D eigenvalue weighted by atomic mass is 35.5. The minimum Gasteiger partial charge on any atom is -0.489 e. The van der Waals surface area contributed by atoms with Gasteiger partial charge in [-0.3, -0.25) is 15.0 Å². The Morgan fingerprint density at radius 2 is 2.00 bits per heavy atom. The Hall–Kier alpha value is -3.34. The van der Waals surface area contributed by atoms with Crippen molar-refractivity contribution >= 4 is 40.2 Å². The number of hydrogen-bond acceptors (Lipinski definition) is 7. The Kier molecular flexibility index (Phi) is 6.50. The predicted molar refractivity (Wildman–Crippen MR) is 131 cm³/mol. The maximum absolute atomic E-state index is 12.3. The summed E-state index contributed by atoms with van der Waals surface area (Å²) < 4.78 is 11.3. The van der Waals surface area contributed by atoms with E-state index in [1.165, 1.54) is 12.4 Å². The Morgan fingerprint density at radius 3 is 2.74 bits per heavy atom. The lowest BCUT2D eigenvalue weighted by atomic mass is 10.2. The zero-order chi connectivity index (χ0) is 24.5. The van der Waals surface area contributed by atoms with Crippen molar-refractivity contribution in [3.05, 3.63) is 57.6 Å². The first-order valence-corrected chi connectivity index (χ1v) is 11.7. The number of pyridine rings is 1. The number of likely N-dealkylation sites (N-methyl/N-ethyl adjacent to an activating group) is 1. The van der Waals surface area contributed by atoms with E-state index in [0.29, 0.717) is 59.1 Å². The van der Waals surface area contributed by atoms with E-state index >= 15 is 0 Å². The summed E-state index contributed by atoms with van der Waals surface area (Å²) in [6.45, 7) is 2.02. The van der Waals surface area contributed by atoms with E-state index < -0.39 is 0 Å². The van der Waals surface area contributed by atoms with Crippen LogP contribution in [0.15, 0.2) is 30.6 Å². The van der Waals surface area contributed by atoms with Crippen LogP contribution in [0.1, 0.15) is 17.0 Å². The van der Waals surface area contributed by atoms with Crippen LogP contribution in [0.3, 0.4) is 0 Å². The first kappa shape index (κ1) is 23.4. The maximum atomic E-state index is 12.3. The third kappa shape index (κ3) is 4.90. The van der Waals surface area contributed by atoms with Gasteiger partial charge in [0.1, 0.15) is 24.7 Å². The molecule has 0 aliphatic carbocycles. The number of rotatable bonds is 7. The van der Waals surface area contributed by atoms with E-state index in [1.807, 2.05) is 37.2 Å². The van der Waals surface area contributed by atoms with Gasteiger partial charge in [-0.05, 0) is 32.3 Å². The highest BCUT2D eigenvalue weighted by molar-refractivity contribution is 6.35. The molecule has 182 valence electrons. The Morgan fingerprint density at radius 1 is 1.20 bits per heavy atom. The van der Waals surface area contributed by atoms with Crippen LogP contribution in [0, 0.1) is 0 Å². The highest BCUT2D eigenvalue weighted by Crippen LogP contribution is 2.32. The van der Waals surface area contributed by atoms with Crippen LogP contribution in [-0.2, 0) is 24.4 Å². The molecule has 10 nitrogen and oxygen atoms in total. The maximum Gasteiger partial charge on any atom is 0.410 e. The number of aromatic nitrogens is 5. The van der Waals surface area contributed by atoms with Gasteiger partial charge in [0.2, 0.25) is 0 Å². The van der Waals surface area contributed by atoms with Crippen LogP contribution < -0.4 is 4.74 Å². The fraction of sp³-hybridized carbons (Fsp3) is 0.304. The van der Waals surface area contributed by atoms with Gasteiger partial charge in [0.05, 0.1) is 40.0 Å². The largest absolute Gasteiger partial charge is 0.489 e. The number of amides is 1. The Bertz CT molecular complexity index is 1340. The molecule has 0 saturated heterocycles. The minimum absolute atomic E-state index is 0.203. The van der Waals surface area contributed by atoms with Crippen molar-refractivity contribution in [1.29, 1.82) is 0 Å². The first-order chi connectivity index (χ1) is 16.9. The number of H-pyrrole nitrogens is 2. The molecule has 35 heavy (non-hydrogen) atoms. The van der Waals surface area contributed by atoms with Gasteiger partial charge in [0.25, 0.3) is 0 Å². The number of benzene rings is 1. The summed E-state index contributed by atoms with van der Waals surface area (Å²) in [5, 5.41) is 9.21. The van der Waals surface area contributed by atoms with E-state index in [1.54, 1.807) is 4.90 Å². The van der Waals surface area contributed by atoms with Crippen LogP contribution >= 0.6 is 23.2 Å². The van der Waals surface area contributed by atoms with Gasteiger partial charge in [-0.1, -0.05) is 23.2 Å². The summed E-state index contributed by atoms with van der Waals surface area (Å²) in [4.78, 5) is 27.9. The van der Waals surface area contributed by atoms with Gasteiger partial charge in [-0.2, -0.15) is 5.10 Å². The van der Waals surface area contributed by atoms with Gasteiger partial charge in [0.15, 0.2) is 5.82 Å². The SMILES string of the molecule is CN(C)CCOC(=O)N1Cc2nc(-c3n[nH]c4ccc(OCc5c(Cl)cncc5Cl)cc34)[nH]c2C1. The fourth-order valence-electron chi connectivity index (χ4n) is 3.78. The molecule has 1 aliphatic heterocycles. The third-order valence-corrected chi connectivity index (χ3v) is 6.32. The van der Waals surface area contributed by atoms with Crippen molar-refractivity contribution in [2.24, 2.45) is 0 Å². The smallest absolute Gasteiger partial charge is 0.410 e. The molecule has 0 atom stereocenters. The second-order valence-electron chi connectivity index (χ2n) is 8.43. The van der Waals surface area contributed by atoms with Crippen molar-refractivity contribution in [1.82, 2.24) is 34.9 Å². The average Bonchev–Trinajstić information content (AvgIpc) is 3.51. The highest BCUT2D eigenvalue weighted by Gasteiger charge is 2.29. The van der Waals surface area contributed by atoms with Gasteiger partial charge in [-0.25, -0.2) is 9.78 Å². The molecule has 0 radical (unpaired) electrons. The van der Waals surface area contributed by atoms with Crippen LogP contribution in [0.4, 0.5) is 4.79 Å². The molecule has 4 aromatic rings. The Labute approximate surface area is 211 Å². The lowest BCUT2D eigenvalue weighted by Crippen LogP contribution is -2.29. The number of hydrogen-bond donors (Lipinski definition) is 2. The van der Waals surface area contributed by atoms with E-state index in [9.17, 15) is 4.79 Å². The number of fused-ring (bicyclic) bond motifs is 2. The number of halogens is 2. The van der Waals surface area contributed by atoms with Crippen molar-refractivity contribution in [2.45, 2.75) is 19.7 Å². The topological polar surface area (TPSA) is 112 Å². The number of carbonyl (C=O) groups excluding carboxylic acids is 1. The average molecular weight is 516 g/mol. The number of nitrogens with one attached hydrogen (secondary N) is 2. The van der Waals surface area contributed by atoms with Crippen molar-refractivity contribution in [3.63, 3.8) is 0 Å². The number of imidazole rings is 1. The molecule has 4 heterocycles. The van der Waals surface area contributed by atoms with Crippen LogP contribution in [0.5, 0.6) is 5.75 Å². The second-order valence-corrected chi connectivity index (χ2v) is 9.25. The van der Waals surface area contributed by atoms with Gasteiger partial charge < -0.3 is 19.4 Å². The molecule has 2 N–H and O–H groups in total. The van der Waals surface area contributed by atoms with Gasteiger partial charge in [-0.15, -0.1) is 0 Å². The molecule has 1 amide bonds. The van der Waals surface area contributed by atoms with Crippen molar-refractivity contribution < 1.29 is 14.3 Å². The summed E-state index contributed by atoms with van der Waals surface area (Å²) >= 11 is 12.4. The molecule has 1 aliphatic rings. The summed E-state index contributed by atoms with van der Waals surface area (Å²) in [5.74, 6) is 1.26. The van der Waals surface area contributed by atoms with Gasteiger partial charge >= 0.3 is 6.09 Å². The predicted octanol–water partition coefficient (Wildman–Crippen LogP) is 4.25. The molecule has 0 bridgehead atoms. The normalized spacial score (nSPS) is 13.0. The number of ether oxygens (including phenoxy) is 2.